The van der Waals surface area contributed by atoms with Crippen LogP contribution in [0.2, 0.25) is 10.0 Å². The molecule has 0 aliphatic rings. The molecule has 0 fully saturated rings. The lowest BCUT2D eigenvalue weighted by Crippen LogP contribution is -2.05. The van der Waals surface area contributed by atoms with Gasteiger partial charge in [0.2, 0.25) is 0 Å². The van der Waals surface area contributed by atoms with Gasteiger partial charge in [-0.25, -0.2) is 4.79 Å². The van der Waals surface area contributed by atoms with E-state index in [9.17, 15) is 4.79 Å². The molecule has 0 aliphatic heterocycles. The summed E-state index contributed by atoms with van der Waals surface area (Å²) in [6, 6.07) is 10.3. The lowest BCUT2D eigenvalue weighted by Gasteiger charge is -2.08. The van der Waals surface area contributed by atoms with Crippen LogP contribution in [-0.2, 0) is 4.74 Å². The minimum Gasteiger partial charge on any atom is -0.465 e. The van der Waals surface area contributed by atoms with E-state index in [2.05, 4.69) is 4.74 Å². The number of esters is 1. The van der Waals surface area contributed by atoms with E-state index in [1.807, 2.05) is 0 Å². The van der Waals surface area contributed by atoms with Crippen molar-refractivity contribution in [2.45, 2.75) is 0 Å². The number of carbonyl (C=O) groups is 1. The zero-order valence-corrected chi connectivity index (χ0v) is 11.6. The van der Waals surface area contributed by atoms with E-state index in [0.29, 0.717) is 21.3 Å². The maximum atomic E-state index is 11.4. The zero-order valence-electron chi connectivity index (χ0n) is 10.1. The van der Waals surface area contributed by atoms with Crippen molar-refractivity contribution in [2.24, 2.45) is 0 Å². The molecule has 0 saturated heterocycles. The molecule has 98 valence electrons. The van der Waals surface area contributed by atoms with Gasteiger partial charge in [0.15, 0.2) is 0 Å². The zero-order chi connectivity index (χ0) is 14.0. The highest BCUT2D eigenvalue weighted by Gasteiger charge is 2.11. The number of benzene rings is 2. The second-order valence-electron chi connectivity index (χ2n) is 3.95. The summed E-state index contributed by atoms with van der Waals surface area (Å²) in [5.74, 6) is -0.465. The van der Waals surface area contributed by atoms with Crippen LogP contribution in [0.4, 0.5) is 5.69 Å². The molecule has 0 saturated carbocycles. The Bertz CT molecular complexity index is 621. The van der Waals surface area contributed by atoms with E-state index in [1.165, 1.54) is 7.11 Å². The lowest BCUT2D eigenvalue weighted by atomic mass is 10.0. The number of hydrogen-bond acceptors (Lipinski definition) is 3. The van der Waals surface area contributed by atoms with Gasteiger partial charge in [-0.2, -0.15) is 0 Å². The predicted octanol–water partition coefficient (Wildman–Crippen LogP) is 4.03. The van der Waals surface area contributed by atoms with Crippen LogP contribution in [0.3, 0.4) is 0 Å². The summed E-state index contributed by atoms with van der Waals surface area (Å²) in [6.45, 7) is 0. The number of nitrogens with two attached hydrogens (primary N) is 1. The molecular formula is C14H11Cl2NO2. The summed E-state index contributed by atoms with van der Waals surface area (Å²) in [5.41, 5.74) is 8.19. The molecule has 5 heteroatoms. The Morgan fingerprint density at radius 2 is 1.68 bits per heavy atom. The fraction of sp³-hybridized carbons (Fsp3) is 0.0714. The summed E-state index contributed by atoms with van der Waals surface area (Å²) in [7, 11) is 1.31. The van der Waals surface area contributed by atoms with Crippen LogP contribution < -0.4 is 5.73 Å². The number of halogens is 2. The van der Waals surface area contributed by atoms with Gasteiger partial charge in [0, 0.05) is 15.7 Å². The third kappa shape index (κ3) is 3.00. The first-order chi connectivity index (χ1) is 9.01. The van der Waals surface area contributed by atoms with Crippen LogP contribution in [0.1, 0.15) is 10.4 Å². The maximum absolute atomic E-state index is 11.4. The molecule has 2 rings (SSSR count). The number of nitrogen functional groups attached to an aromatic ring is 1. The van der Waals surface area contributed by atoms with E-state index < -0.39 is 5.97 Å². The van der Waals surface area contributed by atoms with Crippen LogP contribution >= 0.6 is 23.2 Å². The number of anilines is 1. The molecule has 0 heterocycles. The van der Waals surface area contributed by atoms with Gasteiger partial charge in [-0.3, -0.25) is 0 Å². The largest absolute Gasteiger partial charge is 0.465 e. The first-order valence-corrected chi connectivity index (χ1v) is 6.21. The first-order valence-electron chi connectivity index (χ1n) is 5.45. The molecule has 0 spiro atoms. The molecule has 2 aromatic carbocycles. The van der Waals surface area contributed by atoms with Crippen molar-refractivity contribution in [3.8, 4) is 11.1 Å². The molecule has 0 unspecified atom stereocenters. The Kier molecular flexibility index (Phi) is 3.98. The quantitative estimate of drug-likeness (QED) is 0.672. The van der Waals surface area contributed by atoms with Crippen LogP contribution in [-0.4, -0.2) is 13.1 Å². The maximum Gasteiger partial charge on any atom is 0.339 e. The van der Waals surface area contributed by atoms with Crippen LogP contribution in [0.15, 0.2) is 36.4 Å². The molecule has 2 aromatic rings. The van der Waals surface area contributed by atoms with Crippen molar-refractivity contribution < 1.29 is 9.53 Å². The van der Waals surface area contributed by atoms with Gasteiger partial charge >= 0.3 is 5.97 Å². The van der Waals surface area contributed by atoms with E-state index in [4.69, 9.17) is 28.9 Å². The molecule has 2 N–H and O–H groups in total. The Morgan fingerprint density at radius 3 is 2.21 bits per heavy atom. The SMILES string of the molecule is COC(=O)c1ccc(-c2cc(Cl)cc(Cl)c2)cc1N. The van der Waals surface area contributed by atoms with Gasteiger partial charge in [-0.05, 0) is 41.5 Å². The van der Waals surface area contributed by atoms with E-state index >= 15 is 0 Å². The number of rotatable bonds is 2. The summed E-state index contributed by atoms with van der Waals surface area (Å²) in [5, 5.41) is 1.08. The van der Waals surface area contributed by atoms with Crippen LogP contribution in [0, 0.1) is 0 Å². The third-order valence-corrected chi connectivity index (χ3v) is 3.09. The van der Waals surface area contributed by atoms with Gasteiger partial charge in [0.05, 0.1) is 12.7 Å². The van der Waals surface area contributed by atoms with Crippen molar-refractivity contribution in [3.63, 3.8) is 0 Å². The molecule has 0 atom stereocenters. The molecule has 0 aromatic heterocycles. The normalized spacial score (nSPS) is 10.3. The minimum absolute atomic E-state index is 0.333. The lowest BCUT2D eigenvalue weighted by molar-refractivity contribution is 0.0602. The molecule has 19 heavy (non-hydrogen) atoms. The second kappa shape index (κ2) is 5.51. The van der Waals surface area contributed by atoms with Crippen molar-refractivity contribution >= 4 is 34.9 Å². The fourth-order valence-electron chi connectivity index (χ4n) is 1.76. The highest BCUT2D eigenvalue weighted by molar-refractivity contribution is 6.35. The van der Waals surface area contributed by atoms with Gasteiger partial charge in [-0.15, -0.1) is 0 Å². The van der Waals surface area contributed by atoms with Gasteiger partial charge in [0.25, 0.3) is 0 Å². The Hall–Kier alpha value is -1.71. The van der Waals surface area contributed by atoms with E-state index in [0.717, 1.165) is 11.1 Å². The molecule has 0 bridgehead atoms. The van der Waals surface area contributed by atoms with Crippen LogP contribution in [0.25, 0.3) is 11.1 Å². The van der Waals surface area contributed by atoms with Gasteiger partial charge in [0.1, 0.15) is 0 Å². The highest BCUT2D eigenvalue weighted by Crippen LogP contribution is 2.29. The summed E-state index contributed by atoms with van der Waals surface area (Å²) in [4.78, 5) is 11.4. The molecule has 3 nitrogen and oxygen atoms in total. The molecular weight excluding hydrogens is 285 g/mol. The number of hydrogen-bond donors (Lipinski definition) is 1. The van der Waals surface area contributed by atoms with Crippen molar-refractivity contribution in [2.75, 3.05) is 12.8 Å². The standard InChI is InChI=1S/C14H11Cl2NO2/c1-19-14(18)12-3-2-8(6-13(12)17)9-4-10(15)7-11(16)5-9/h2-7H,17H2,1H3. The summed E-state index contributed by atoms with van der Waals surface area (Å²) >= 11 is 11.9. The Morgan fingerprint density at radius 1 is 1.05 bits per heavy atom. The van der Waals surface area contributed by atoms with Gasteiger partial charge in [-0.1, -0.05) is 29.3 Å². The van der Waals surface area contributed by atoms with E-state index in [1.54, 1.807) is 36.4 Å². The van der Waals surface area contributed by atoms with Gasteiger partial charge < -0.3 is 10.5 Å². The molecule has 0 aliphatic carbocycles. The van der Waals surface area contributed by atoms with Crippen molar-refractivity contribution in [1.82, 2.24) is 0 Å². The predicted molar refractivity (Wildman–Crippen MR) is 77.6 cm³/mol. The smallest absolute Gasteiger partial charge is 0.339 e. The molecule has 0 radical (unpaired) electrons. The fourth-order valence-corrected chi connectivity index (χ4v) is 2.28. The van der Waals surface area contributed by atoms with Crippen molar-refractivity contribution in [1.29, 1.82) is 0 Å². The molecule has 0 amide bonds. The van der Waals surface area contributed by atoms with Crippen LogP contribution in [0.5, 0.6) is 0 Å². The highest BCUT2D eigenvalue weighted by atomic mass is 35.5. The minimum atomic E-state index is -0.465. The third-order valence-electron chi connectivity index (χ3n) is 2.65. The van der Waals surface area contributed by atoms with Crippen molar-refractivity contribution in [3.05, 3.63) is 52.0 Å². The Balaban J connectivity index is 2.47. The summed E-state index contributed by atoms with van der Waals surface area (Å²) in [6.07, 6.45) is 0. The number of methoxy groups -OCH3 is 1. The summed E-state index contributed by atoms with van der Waals surface area (Å²) < 4.78 is 4.64. The second-order valence-corrected chi connectivity index (χ2v) is 4.82. The first kappa shape index (κ1) is 13.7. The Labute approximate surface area is 120 Å². The van der Waals surface area contributed by atoms with E-state index in [-0.39, 0.29) is 0 Å². The monoisotopic (exact) mass is 295 g/mol. The number of carbonyl (C=O) groups excluding carboxylic acids is 1. The topological polar surface area (TPSA) is 52.3 Å². The number of ether oxygens (including phenoxy) is 1. The average molecular weight is 296 g/mol. The average Bonchev–Trinajstić information content (AvgIpc) is 2.36.